The van der Waals surface area contributed by atoms with Crippen molar-refractivity contribution in [2.24, 2.45) is 0 Å². The summed E-state index contributed by atoms with van der Waals surface area (Å²) in [4.78, 5) is 23.6. The molecular weight excluding hydrogens is 198 g/mol. The van der Waals surface area contributed by atoms with Crippen molar-refractivity contribution in [2.75, 3.05) is 26.4 Å². The number of aldehydes is 1. The maximum absolute atomic E-state index is 11.5. The zero-order valence-electron chi connectivity index (χ0n) is 8.98. The molecule has 1 rings (SSSR count). The van der Waals surface area contributed by atoms with Gasteiger partial charge in [-0.15, -0.1) is 0 Å². The molecule has 15 heavy (non-hydrogen) atoms. The third-order valence-corrected chi connectivity index (χ3v) is 2.28. The van der Waals surface area contributed by atoms with Crippen molar-refractivity contribution in [1.29, 1.82) is 0 Å². The van der Waals surface area contributed by atoms with Gasteiger partial charge in [0.2, 0.25) is 0 Å². The van der Waals surface area contributed by atoms with Gasteiger partial charge in [0.05, 0.1) is 19.8 Å². The molecular formula is C10H17NO4. The van der Waals surface area contributed by atoms with Gasteiger partial charge in [0.1, 0.15) is 12.3 Å². The summed E-state index contributed by atoms with van der Waals surface area (Å²) in [6.07, 6.45) is 2.14. The molecule has 0 bridgehead atoms. The number of hydrogen-bond donors (Lipinski definition) is 0. The number of morpholine rings is 1. The smallest absolute Gasteiger partial charge is 0.410 e. The van der Waals surface area contributed by atoms with E-state index in [1.54, 1.807) is 0 Å². The van der Waals surface area contributed by atoms with E-state index in [4.69, 9.17) is 9.47 Å². The number of nitrogens with zero attached hydrogens (tertiary/aromatic N) is 1. The summed E-state index contributed by atoms with van der Waals surface area (Å²) >= 11 is 0. The number of ether oxygens (including phenoxy) is 2. The Labute approximate surface area is 89.3 Å². The van der Waals surface area contributed by atoms with Gasteiger partial charge in [-0.3, -0.25) is 4.90 Å². The van der Waals surface area contributed by atoms with E-state index in [0.717, 1.165) is 19.1 Å². The lowest BCUT2D eigenvalue weighted by molar-refractivity contribution is -0.117. The molecule has 1 aliphatic heterocycles. The number of carbonyl (C=O) groups is 2. The number of rotatable bonds is 4. The minimum Gasteiger partial charge on any atom is -0.449 e. The van der Waals surface area contributed by atoms with Crippen molar-refractivity contribution in [3.05, 3.63) is 0 Å². The predicted octanol–water partition coefficient (Wildman–Crippen LogP) is 0.823. The second-order valence-corrected chi connectivity index (χ2v) is 3.44. The van der Waals surface area contributed by atoms with Crippen molar-refractivity contribution < 1.29 is 19.1 Å². The zero-order chi connectivity index (χ0) is 11.1. The highest BCUT2D eigenvalue weighted by Crippen LogP contribution is 2.07. The highest BCUT2D eigenvalue weighted by atomic mass is 16.6. The van der Waals surface area contributed by atoms with Crippen LogP contribution in [0.25, 0.3) is 0 Å². The molecule has 0 spiro atoms. The SMILES string of the molecule is CCCCOC(=O)N1CCOCC1C=O. The Balaban J connectivity index is 2.38. The van der Waals surface area contributed by atoms with Crippen molar-refractivity contribution in [1.82, 2.24) is 4.90 Å². The summed E-state index contributed by atoms with van der Waals surface area (Å²) in [5.41, 5.74) is 0. The third kappa shape index (κ3) is 3.51. The van der Waals surface area contributed by atoms with Gasteiger partial charge in [0, 0.05) is 6.54 Å². The maximum Gasteiger partial charge on any atom is 0.410 e. The van der Waals surface area contributed by atoms with Gasteiger partial charge < -0.3 is 14.3 Å². The topological polar surface area (TPSA) is 55.8 Å². The van der Waals surface area contributed by atoms with Gasteiger partial charge >= 0.3 is 6.09 Å². The molecule has 1 aliphatic rings. The van der Waals surface area contributed by atoms with Crippen LogP contribution in [0.1, 0.15) is 19.8 Å². The first kappa shape index (κ1) is 12.0. The number of unbranched alkanes of at least 4 members (excludes halogenated alkanes) is 1. The molecule has 1 amide bonds. The molecule has 5 heteroatoms. The van der Waals surface area contributed by atoms with Gasteiger partial charge in [-0.1, -0.05) is 13.3 Å². The van der Waals surface area contributed by atoms with E-state index < -0.39 is 12.1 Å². The second kappa shape index (κ2) is 6.40. The Morgan fingerprint density at radius 2 is 2.47 bits per heavy atom. The van der Waals surface area contributed by atoms with Gasteiger partial charge in [-0.05, 0) is 6.42 Å². The Morgan fingerprint density at radius 3 is 3.13 bits per heavy atom. The molecule has 0 aromatic carbocycles. The molecule has 0 N–H and O–H groups in total. The average Bonchev–Trinajstić information content (AvgIpc) is 2.29. The number of amides is 1. The summed E-state index contributed by atoms with van der Waals surface area (Å²) in [6, 6.07) is -0.493. The molecule has 1 atom stereocenters. The van der Waals surface area contributed by atoms with Gasteiger partial charge in [0.15, 0.2) is 0 Å². The van der Waals surface area contributed by atoms with Crippen molar-refractivity contribution >= 4 is 12.4 Å². The van der Waals surface area contributed by atoms with Crippen LogP contribution in [0.2, 0.25) is 0 Å². The van der Waals surface area contributed by atoms with E-state index in [1.807, 2.05) is 6.92 Å². The minimum atomic E-state index is -0.493. The quantitative estimate of drug-likeness (QED) is 0.514. The molecule has 0 aliphatic carbocycles. The molecule has 0 aromatic rings. The molecule has 0 aromatic heterocycles. The first-order valence-corrected chi connectivity index (χ1v) is 5.26. The number of hydrogen-bond acceptors (Lipinski definition) is 4. The summed E-state index contributed by atoms with van der Waals surface area (Å²) < 4.78 is 10.1. The van der Waals surface area contributed by atoms with E-state index in [2.05, 4.69) is 0 Å². The normalized spacial score (nSPS) is 21.1. The number of carbonyl (C=O) groups excluding carboxylic acids is 2. The molecule has 0 saturated carbocycles. The van der Waals surface area contributed by atoms with Crippen LogP contribution in [0.15, 0.2) is 0 Å². The van der Waals surface area contributed by atoms with Gasteiger partial charge in [-0.2, -0.15) is 0 Å². The van der Waals surface area contributed by atoms with E-state index in [1.165, 1.54) is 4.90 Å². The second-order valence-electron chi connectivity index (χ2n) is 3.44. The van der Waals surface area contributed by atoms with Crippen LogP contribution < -0.4 is 0 Å². The van der Waals surface area contributed by atoms with Crippen LogP contribution in [-0.4, -0.2) is 49.7 Å². The van der Waals surface area contributed by atoms with Gasteiger partial charge in [-0.25, -0.2) is 4.79 Å². The molecule has 5 nitrogen and oxygen atoms in total. The first-order chi connectivity index (χ1) is 7.29. The van der Waals surface area contributed by atoms with Crippen LogP contribution >= 0.6 is 0 Å². The van der Waals surface area contributed by atoms with Crippen LogP contribution in [-0.2, 0) is 14.3 Å². The lowest BCUT2D eigenvalue weighted by atomic mass is 10.3. The van der Waals surface area contributed by atoms with Gasteiger partial charge in [0.25, 0.3) is 0 Å². The summed E-state index contributed by atoms with van der Waals surface area (Å²) in [6.45, 7) is 3.60. The van der Waals surface area contributed by atoms with Crippen LogP contribution in [0.3, 0.4) is 0 Å². The van der Waals surface area contributed by atoms with Crippen LogP contribution in [0, 0.1) is 0 Å². The summed E-state index contributed by atoms with van der Waals surface area (Å²) in [5.74, 6) is 0. The fourth-order valence-corrected chi connectivity index (χ4v) is 1.35. The Hall–Kier alpha value is -1.10. The van der Waals surface area contributed by atoms with E-state index in [-0.39, 0.29) is 6.61 Å². The molecule has 1 heterocycles. The van der Waals surface area contributed by atoms with Crippen molar-refractivity contribution in [3.8, 4) is 0 Å². The molecule has 86 valence electrons. The lowest BCUT2D eigenvalue weighted by Gasteiger charge is -2.31. The molecule has 1 fully saturated rings. The predicted molar refractivity (Wildman–Crippen MR) is 53.6 cm³/mol. The largest absolute Gasteiger partial charge is 0.449 e. The fourth-order valence-electron chi connectivity index (χ4n) is 1.35. The van der Waals surface area contributed by atoms with Crippen LogP contribution in [0.4, 0.5) is 4.79 Å². The monoisotopic (exact) mass is 215 g/mol. The van der Waals surface area contributed by atoms with E-state index >= 15 is 0 Å². The Kier molecular flexibility index (Phi) is 5.10. The summed E-state index contributed by atoms with van der Waals surface area (Å²) in [5, 5.41) is 0. The molecule has 0 radical (unpaired) electrons. The summed E-state index contributed by atoms with van der Waals surface area (Å²) in [7, 11) is 0. The van der Waals surface area contributed by atoms with Crippen molar-refractivity contribution in [3.63, 3.8) is 0 Å². The average molecular weight is 215 g/mol. The lowest BCUT2D eigenvalue weighted by Crippen LogP contribution is -2.49. The first-order valence-electron chi connectivity index (χ1n) is 5.26. The van der Waals surface area contributed by atoms with Crippen LogP contribution in [0.5, 0.6) is 0 Å². The fraction of sp³-hybridized carbons (Fsp3) is 0.800. The molecule has 1 unspecified atom stereocenters. The van der Waals surface area contributed by atoms with Crippen molar-refractivity contribution in [2.45, 2.75) is 25.8 Å². The Bertz CT molecular complexity index is 219. The Morgan fingerprint density at radius 1 is 1.67 bits per heavy atom. The van der Waals surface area contributed by atoms with E-state index in [9.17, 15) is 9.59 Å². The maximum atomic E-state index is 11.5. The zero-order valence-corrected chi connectivity index (χ0v) is 8.98. The standard InChI is InChI=1S/C10H17NO4/c1-2-3-5-15-10(13)11-4-6-14-8-9(11)7-12/h7,9H,2-6,8H2,1H3. The minimum absolute atomic E-state index is 0.270. The highest BCUT2D eigenvalue weighted by molar-refractivity contribution is 5.73. The highest BCUT2D eigenvalue weighted by Gasteiger charge is 2.27. The molecule has 1 saturated heterocycles. The van der Waals surface area contributed by atoms with E-state index in [0.29, 0.717) is 19.8 Å². The third-order valence-electron chi connectivity index (χ3n) is 2.28.